The summed E-state index contributed by atoms with van der Waals surface area (Å²) in [5, 5.41) is 0. The van der Waals surface area contributed by atoms with Crippen molar-refractivity contribution in [3.8, 4) is 5.75 Å². The third-order valence-corrected chi connectivity index (χ3v) is 7.25. The molecule has 0 spiro atoms. The third kappa shape index (κ3) is 5.68. The topological polar surface area (TPSA) is 37.8 Å². The normalized spacial score (nSPS) is 17.3. The third-order valence-electron chi connectivity index (χ3n) is 3.55. The Labute approximate surface area is 143 Å². The SMILES string of the molecule is COCC(F)(F)COc1ccc(N2CCN(I(C)C)CC2)nc1. The zero-order chi connectivity index (χ0) is 16.9. The Morgan fingerprint density at radius 1 is 1.17 bits per heavy atom. The molecule has 132 valence electrons. The van der Waals surface area contributed by atoms with Crippen LogP contribution in [0.2, 0.25) is 0 Å². The molecule has 0 aromatic carbocycles. The predicted octanol–water partition coefficient (Wildman–Crippen LogP) is 2.55. The van der Waals surface area contributed by atoms with E-state index in [1.165, 1.54) is 13.3 Å². The van der Waals surface area contributed by atoms with Gasteiger partial charge in [-0.2, -0.15) is 0 Å². The number of rotatable bonds is 7. The molecular weight excluding hydrogens is 419 g/mol. The number of pyridine rings is 1. The summed E-state index contributed by atoms with van der Waals surface area (Å²) in [6.45, 7) is 2.69. The van der Waals surface area contributed by atoms with Gasteiger partial charge in [0.05, 0.1) is 0 Å². The van der Waals surface area contributed by atoms with Gasteiger partial charge in [-0.3, -0.25) is 0 Å². The molecule has 1 fully saturated rings. The van der Waals surface area contributed by atoms with Crippen LogP contribution in [0.1, 0.15) is 0 Å². The van der Waals surface area contributed by atoms with Gasteiger partial charge in [0.25, 0.3) is 0 Å². The van der Waals surface area contributed by atoms with Crippen molar-refractivity contribution in [1.82, 2.24) is 8.10 Å². The molecule has 0 bridgehead atoms. The maximum absolute atomic E-state index is 13.3. The van der Waals surface area contributed by atoms with E-state index in [1.54, 1.807) is 6.07 Å². The Hall–Kier alpha value is -0.740. The molecular formula is C15H24F2IN3O2. The predicted molar refractivity (Wildman–Crippen MR) is 96.2 cm³/mol. The molecule has 2 heterocycles. The minimum atomic E-state index is -3.00. The first-order valence-electron chi connectivity index (χ1n) is 7.37. The first-order chi connectivity index (χ1) is 10.9. The van der Waals surface area contributed by atoms with Crippen molar-refractivity contribution in [3.63, 3.8) is 0 Å². The summed E-state index contributed by atoms with van der Waals surface area (Å²) >= 11 is -0.892. The molecule has 0 atom stereocenters. The average molecular weight is 443 g/mol. The van der Waals surface area contributed by atoms with E-state index in [1.807, 2.05) is 6.07 Å². The fourth-order valence-electron chi connectivity index (χ4n) is 2.34. The van der Waals surface area contributed by atoms with Crippen LogP contribution in [0, 0.1) is 0 Å². The van der Waals surface area contributed by atoms with E-state index in [-0.39, 0.29) is 0 Å². The fourth-order valence-corrected chi connectivity index (χ4v) is 4.70. The van der Waals surface area contributed by atoms with Crippen molar-refractivity contribution in [2.45, 2.75) is 5.92 Å². The second-order valence-electron chi connectivity index (χ2n) is 5.54. The van der Waals surface area contributed by atoms with E-state index in [9.17, 15) is 8.78 Å². The summed E-state index contributed by atoms with van der Waals surface area (Å²) in [6.07, 6.45) is 1.50. The monoisotopic (exact) mass is 443 g/mol. The summed E-state index contributed by atoms with van der Waals surface area (Å²) in [4.78, 5) is 11.3. The zero-order valence-electron chi connectivity index (χ0n) is 13.8. The Bertz CT molecular complexity index is 480. The van der Waals surface area contributed by atoms with Crippen molar-refractivity contribution in [2.24, 2.45) is 0 Å². The van der Waals surface area contributed by atoms with Crippen molar-refractivity contribution >= 4 is 25.9 Å². The molecule has 1 aromatic heterocycles. The van der Waals surface area contributed by atoms with Crippen LogP contribution in [-0.2, 0) is 4.74 Å². The van der Waals surface area contributed by atoms with Crippen LogP contribution >= 0.6 is 20.1 Å². The van der Waals surface area contributed by atoms with Crippen LogP contribution in [0.5, 0.6) is 5.75 Å². The number of aromatic nitrogens is 1. The van der Waals surface area contributed by atoms with Gasteiger partial charge < -0.3 is 4.74 Å². The number of nitrogens with zero attached hydrogens (tertiary/aromatic N) is 3. The molecule has 1 aromatic rings. The Morgan fingerprint density at radius 2 is 1.87 bits per heavy atom. The summed E-state index contributed by atoms with van der Waals surface area (Å²) in [7, 11) is 1.24. The van der Waals surface area contributed by atoms with Crippen molar-refractivity contribution in [3.05, 3.63) is 18.3 Å². The molecule has 0 N–H and O–H groups in total. The second kappa shape index (κ2) is 8.39. The quantitative estimate of drug-likeness (QED) is 0.368. The summed E-state index contributed by atoms with van der Waals surface area (Å²) in [5.74, 6) is -1.78. The first kappa shape index (κ1) is 18.6. The number of ether oxygens (including phenoxy) is 2. The van der Waals surface area contributed by atoms with Crippen LogP contribution in [0.15, 0.2) is 18.3 Å². The molecule has 0 saturated carbocycles. The molecule has 1 aliphatic heterocycles. The van der Waals surface area contributed by atoms with Gasteiger partial charge in [0.2, 0.25) is 0 Å². The zero-order valence-corrected chi connectivity index (χ0v) is 15.9. The Kier molecular flexibility index (Phi) is 6.78. The van der Waals surface area contributed by atoms with Gasteiger partial charge in [0, 0.05) is 7.11 Å². The molecule has 5 nitrogen and oxygen atoms in total. The van der Waals surface area contributed by atoms with Gasteiger partial charge in [-0.25, -0.2) is 0 Å². The van der Waals surface area contributed by atoms with Gasteiger partial charge in [0.15, 0.2) is 0 Å². The number of alkyl halides is 4. The van der Waals surface area contributed by atoms with Crippen molar-refractivity contribution in [2.75, 3.05) is 61.3 Å². The van der Waals surface area contributed by atoms with Crippen molar-refractivity contribution < 1.29 is 18.3 Å². The number of halogens is 3. The number of anilines is 1. The Balaban J connectivity index is 1.85. The number of methoxy groups -OCH3 is 1. The van der Waals surface area contributed by atoms with Gasteiger partial charge in [-0.15, -0.1) is 0 Å². The summed E-state index contributed by atoms with van der Waals surface area (Å²) in [5.41, 5.74) is 0. The van der Waals surface area contributed by atoms with E-state index < -0.39 is 39.2 Å². The van der Waals surface area contributed by atoms with Gasteiger partial charge in [-0.05, 0) is 0 Å². The van der Waals surface area contributed by atoms with E-state index in [4.69, 9.17) is 4.74 Å². The van der Waals surface area contributed by atoms with Gasteiger partial charge >= 0.3 is 132 Å². The molecule has 1 aliphatic rings. The molecule has 2 rings (SSSR count). The number of hydrogen-bond acceptors (Lipinski definition) is 5. The molecule has 23 heavy (non-hydrogen) atoms. The van der Waals surface area contributed by atoms with Gasteiger partial charge in [-0.1, -0.05) is 0 Å². The second-order valence-corrected chi connectivity index (χ2v) is 11.0. The van der Waals surface area contributed by atoms with Crippen molar-refractivity contribution in [1.29, 1.82) is 0 Å². The molecule has 8 heteroatoms. The maximum atomic E-state index is 13.3. The molecule has 1 saturated heterocycles. The van der Waals surface area contributed by atoms with E-state index >= 15 is 0 Å². The molecule has 0 aliphatic carbocycles. The summed E-state index contributed by atoms with van der Waals surface area (Å²) in [6, 6.07) is 3.52. The van der Waals surface area contributed by atoms with Gasteiger partial charge in [0.1, 0.15) is 0 Å². The van der Waals surface area contributed by atoms with Crippen LogP contribution < -0.4 is 9.64 Å². The van der Waals surface area contributed by atoms with Crippen LogP contribution in [-0.4, -0.2) is 70.4 Å². The average Bonchev–Trinajstić information content (AvgIpc) is 2.53. The number of hydrogen-bond donors (Lipinski definition) is 0. The molecule has 0 unspecified atom stereocenters. The molecule has 0 radical (unpaired) electrons. The first-order valence-corrected chi connectivity index (χ1v) is 12.6. The van der Waals surface area contributed by atoms with Crippen LogP contribution in [0.3, 0.4) is 0 Å². The Morgan fingerprint density at radius 3 is 2.39 bits per heavy atom. The van der Waals surface area contributed by atoms with Crippen LogP contribution in [0.4, 0.5) is 14.6 Å². The number of piperazine rings is 1. The van der Waals surface area contributed by atoms with E-state index in [2.05, 4.69) is 27.6 Å². The fraction of sp³-hybridized carbons (Fsp3) is 0.667. The molecule has 0 amide bonds. The van der Waals surface area contributed by atoms with E-state index in [0.29, 0.717) is 5.75 Å². The summed E-state index contributed by atoms with van der Waals surface area (Å²) < 4.78 is 38.8. The minimum absolute atomic E-state index is 0.346. The van der Waals surface area contributed by atoms with Crippen LogP contribution in [0.25, 0.3) is 0 Å². The standard InChI is InChI=1S/C15H24F2IN3O2/c1-18(2)21-8-6-20(7-9-21)14-5-4-13(10-19-14)23-12-15(16,17)11-22-3/h4-5,10H,6-9,11-12H2,1-3H3. The van der Waals surface area contributed by atoms with E-state index in [0.717, 1.165) is 32.0 Å².